The third-order valence-corrected chi connectivity index (χ3v) is 5.25. The van der Waals surface area contributed by atoms with Gasteiger partial charge in [0.2, 0.25) is 5.91 Å². The number of nitrogens with one attached hydrogen (secondary N) is 1. The molecule has 1 aliphatic heterocycles. The van der Waals surface area contributed by atoms with Crippen LogP contribution in [0.1, 0.15) is 30.5 Å². The second-order valence-corrected chi connectivity index (χ2v) is 7.20. The number of amides is 1. The molecule has 8 nitrogen and oxygen atoms in total. The van der Waals surface area contributed by atoms with Gasteiger partial charge in [-0.2, -0.15) is 10.4 Å². The fourth-order valence-corrected chi connectivity index (χ4v) is 3.66. The number of hydrogen-bond donors (Lipinski definition) is 2. The molecular formula is C21H20FN5O3. The van der Waals surface area contributed by atoms with Crippen molar-refractivity contribution < 1.29 is 19.0 Å². The second-order valence-electron chi connectivity index (χ2n) is 7.20. The minimum Gasteiger partial charge on any atom is -0.394 e. The van der Waals surface area contributed by atoms with Crippen LogP contribution in [0.2, 0.25) is 0 Å². The zero-order valence-electron chi connectivity index (χ0n) is 16.1. The highest BCUT2D eigenvalue weighted by Gasteiger charge is 2.44. The number of carbonyl (C=O) groups is 1. The topological polar surface area (TPSA) is 113 Å². The van der Waals surface area contributed by atoms with Crippen molar-refractivity contribution in [2.24, 2.45) is 0 Å². The highest BCUT2D eigenvalue weighted by molar-refractivity contribution is 5.93. The van der Waals surface area contributed by atoms with Gasteiger partial charge >= 0.3 is 0 Å². The third kappa shape index (κ3) is 3.75. The van der Waals surface area contributed by atoms with Gasteiger partial charge in [0.25, 0.3) is 0 Å². The molecule has 3 heterocycles. The second kappa shape index (κ2) is 8.18. The van der Waals surface area contributed by atoms with Gasteiger partial charge in [0, 0.05) is 6.42 Å². The van der Waals surface area contributed by atoms with Gasteiger partial charge < -0.3 is 15.2 Å². The summed E-state index contributed by atoms with van der Waals surface area (Å²) in [7, 11) is 0. The number of aryl methyl sites for hydroxylation is 1. The summed E-state index contributed by atoms with van der Waals surface area (Å²) in [6.45, 7) is -0.156. The number of aliphatic hydroxyl groups is 1. The number of ether oxygens (including phenoxy) is 1. The van der Waals surface area contributed by atoms with Crippen LogP contribution in [-0.2, 0) is 21.6 Å². The number of nitrogens with zero attached hydrogens (tertiary/aromatic N) is 4. The Bertz CT molecular complexity index is 1110. The highest BCUT2D eigenvalue weighted by Crippen LogP contribution is 2.39. The normalized spacial score (nSPS) is 20.9. The number of halogens is 1. The Kier molecular flexibility index (Phi) is 5.44. The Labute approximate surface area is 171 Å². The number of aliphatic hydroxyl groups excluding tert-OH is 1. The molecule has 1 fully saturated rings. The van der Waals surface area contributed by atoms with E-state index < -0.39 is 11.7 Å². The molecule has 1 amide bonds. The smallest absolute Gasteiger partial charge is 0.225 e. The van der Waals surface area contributed by atoms with Crippen LogP contribution in [0.5, 0.6) is 0 Å². The molecule has 0 unspecified atom stereocenters. The Balaban J connectivity index is 1.52. The van der Waals surface area contributed by atoms with Crippen LogP contribution in [-0.4, -0.2) is 38.3 Å². The van der Waals surface area contributed by atoms with E-state index in [4.69, 9.17) is 4.74 Å². The maximum Gasteiger partial charge on any atom is 0.225 e. The molecule has 1 saturated heterocycles. The van der Waals surface area contributed by atoms with Crippen LogP contribution in [0.4, 0.5) is 10.2 Å². The van der Waals surface area contributed by atoms with Gasteiger partial charge in [0.1, 0.15) is 23.7 Å². The molecule has 1 aromatic carbocycles. The lowest BCUT2D eigenvalue weighted by molar-refractivity contribution is -0.116. The Morgan fingerprint density at radius 2 is 2.17 bits per heavy atom. The summed E-state index contributed by atoms with van der Waals surface area (Å²) in [4.78, 5) is 16.6. The maximum atomic E-state index is 13.0. The molecule has 2 aromatic heterocycles. The maximum absolute atomic E-state index is 13.0. The first-order valence-corrected chi connectivity index (χ1v) is 9.62. The number of aromatic nitrogens is 3. The molecule has 4 rings (SSSR count). The van der Waals surface area contributed by atoms with E-state index in [1.165, 1.54) is 23.0 Å². The Morgan fingerprint density at radius 3 is 2.87 bits per heavy atom. The van der Waals surface area contributed by atoms with Gasteiger partial charge in [-0.1, -0.05) is 12.1 Å². The van der Waals surface area contributed by atoms with Gasteiger partial charge in [-0.05, 0) is 49.1 Å². The molecule has 154 valence electrons. The summed E-state index contributed by atoms with van der Waals surface area (Å²) in [5.74, 6) is -0.234. The summed E-state index contributed by atoms with van der Waals surface area (Å²) in [6, 6.07) is 11.7. The van der Waals surface area contributed by atoms with E-state index in [1.54, 1.807) is 24.3 Å². The lowest BCUT2D eigenvalue weighted by Gasteiger charge is -2.21. The average Bonchev–Trinajstić information content (AvgIpc) is 3.39. The van der Waals surface area contributed by atoms with Gasteiger partial charge in [0.05, 0.1) is 18.4 Å². The van der Waals surface area contributed by atoms with E-state index in [0.717, 1.165) is 5.56 Å². The first-order chi connectivity index (χ1) is 14.5. The quantitative estimate of drug-likeness (QED) is 0.646. The molecule has 0 spiro atoms. The summed E-state index contributed by atoms with van der Waals surface area (Å²) in [5.41, 5.74) is 0.712. The molecule has 1 aliphatic rings. The van der Waals surface area contributed by atoms with E-state index in [1.807, 2.05) is 0 Å². The molecule has 0 aliphatic carbocycles. The van der Waals surface area contributed by atoms with E-state index in [2.05, 4.69) is 21.5 Å². The number of anilines is 1. The first kappa shape index (κ1) is 19.9. The van der Waals surface area contributed by atoms with Crippen molar-refractivity contribution in [2.45, 2.75) is 37.4 Å². The van der Waals surface area contributed by atoms with E-state index in [-0.39, 0.29) is 24.8 Å². The van der Waals surface area contributed by atoms with Crippen molar-refractivity contribution in [2.75, 3.05) is 11.9 Å². The van der Waals surface area contributed by atoms with Crippen molar-refractivity contribution in [3.63, 3.8) is 0 Å². The lowest BCUT2D eigenvalue weighted by Crippen LogP contribution is -2.28. The van der Waals surface area contributed by atoms with Crippen molar-refractivity contribution in [3.8, 4) is 6.07 Å². The standard InChI is InChI=1S/C21H20FN5O3/c22-15-4-1-14(2-5-15)3-8-19(29)26-20-17-6-7-18(27(17)25-13-24-20)21(12-23)10-9-16(11-28)30-21/h1-2,4-7,13,16,28H,3,8-11H2,(H,24,25,26,29)/t16-,21-/m0/s1. The Morgan fingerprint density at radius 1 is 1.37 bits per heavy atom. The van der Waals surface area contributed by atoms with Crippen LogP contribution in [0, 0.1) is 17.1 Å². The van der Waals surface area contributed by atoms with Gasteiger partial charge in [-0.25, -0.2) is 13.9 Å². The van der Waals surface area contributed by atoms with E-state index in [0.29, 0.717) is 36.3 Å². The Hall–Kier alpha value is -3.35. The zero-order valence-corrected chi connectivity index (χ0v) is 16.1. The minimum absolute atomic E-state index is 0.156. The molecule has 0 bridgehead atoms. The van der Waals surface area contributed by atoms with Crippen molar-refractivity contribution in [1.29, 1.82) is 5.26 Å². The number of benzene rings is 1. The number of carbonyl (C=O) groups excluding carboxylic acids is 1. The van der Waals surface area contributed by atoms with E-state index in [9.17, 15) is 19.6 Å². The number of fused-ring (bicyclic) bond motifs is 1. The number of rotatable bonds is 6. The van der Waals surface area contributed by atoms with Crippen LogP contribution in [0.15, 0.2) is 42.7 Å². The number of hydrogen-bond acceptors (Lipinski definition) is 6. The average molecular weight is 409 g/mol. The lowest BCUT2D eigenvalue weighted by atomic mass is 9.98. The molecule has 0 radical (unpaired) electrons. The van der Waals surface area contributed by atoms with Crippen LogP contribution < -0.4 is 5.32 Å². The predicted octanol–water partition coefficient (Wildman–Crippen LogP) is 2.33. The van der Waals surface area contributed by atoms with Crippen molar-refractivity contribution in [1.82, 2.24) is 14.6 Å². The molecule has 3 aromatic rings. The van der Waals surface area contributed by atoms with Gasteiger partial charge in [-0.15, -0.1) is 0 Å². The summed E-state index contributed by atoms with van der Waals surface area (Å²) >= 11 is 0. The molecule has 2 atom stereocenters. The first-order valence-electron chi connectivity index (χ1n) is 9.62. The zero-order chi connectivity index (χ0) is 21.1. The van der Waals surface area contributed by atoms with Gasteiger partial charge in [-0.3, -0.25) is 4.79 Å². The summed E-state index contributed by atoms with van der Waals surface area (Å²) in [6.07, 6.45) is 2.57. The molecule has 0 saturated carbocycles. The number of nitriles is 1. The fraction of sp³-hybridized carbons (Fsp3) is 0.333. The van der Waals surface area contributed by atoms with Crippen LogP contribution in [0.3, 0.4) is 0 Å². The molecule has 30 heavy (non-hydrogen) atoms. The van der Waals surface area contributed by atoms with Crippen molar-refractivity contribution in [3.05, 3.63) is 59.8 Å². The highest BCUT2D eigenvalue weighted by atomic mass is 19.1. The third-order valence-electron chi connectivity index (χ3n) is 5.25. The molecule has 9 heteroatoms. The van der Waals surface area contributed by atoms with Gasteiger partial charge in [0.15, 0.2) is 11.4 Å². The van der Waals surface area contributed by atoms with E-state index >= 15 is 0 Å². The SMILES string of the molecule is N#C[C@]1(c2ccc3c(NC(=O)CCc4ccc(F)cc4)ncnn23)CC[C@@H](CO)O1. The largest absolute Gasteiger partial charge is 0.394 e. The summed E-state index contributed by atoms with van der Waals surface area (Å²) in [5, 5.41) is 26.1. The molecule has 2 N–H and O–H groups in total. The monoisotopic (exact) mass is 409 g/mol. The minimum atomic E-state index is -1.21. The van der Waals surface area contributed by atoms with Crippen molar-refractivity contribution >= 4 is 17.2 Å². The molecular weight excluding hydrogens is 389 g/mol. The van der Waals surface area contributed by atoms with Crippen LogP contribution in [0.25, 0.3) is 5.52 Å². The van der Waals surface area contributed by atoms with Crippen LogP contribution >= 0.6 is 0 Å². The fourth-order valence-electron chi connectivity index (χ4n) is 3.66. The predicted molar refractivity (Wildman–Crippen MR) is 105 cm³/mol. The summed E-state index contributed by atoms with van der Waals surface area (Å²) < 4.78 is 20.3.